The van der Waals surface area contributed by atoms with Crippen LogP contribution >= 0.6 is 27.5 Å². The van der Waals surface area contributed by atoms with Crippen molar-refractivity contribution in [2.24, 2.45) is 0 Å². The molecule has 0 fully saturated rings. The molecule has 0 aromatic carbocycles. The van der Waals surface area contributed by atoms with Gasteiger partial charge in [0.05, 0.1) is 10.7 Å². The van der Waals surface area contributed by atoms with E-state index in [-0.39, 0.29) is 0 Å². The van der Waals surface area contributed by atoms with Gasteiger partial charge >= 0.3 is 0 Å². The summed E-state index contributed by atoms with van der Waals surface area (Å²) in [6, 6.07) is 1.98. The molecular weight excluding hydrogens is 188 g/mol. The molecule has 0 spiro atoms. The van der Waals surface area contributed by atoms with Crippen LogP contribution in [0.5, 0.6) is 0 Å². The van der Waals surface area contributed by atoms with Crippen LogP contribution in [0.4, 0.5) is 0 Å². The molecule has 0 N–H and O–H groups in total. The second-order valence-corrected chi connectivity index (χ2v) is 2.77. The SMILES string of the molecule is N#Cc1sncc1Br. The molecule has 0 aliphatic rings. The van der Waals surface area contributed by atoms with Crippen LogP contribution < -0.4 is 0 Å². The zero-order valence-electron chi connectivity index (χ0n) is 3.76. The Morgan fingerprint density at radius 3 is 2.88 bits per heavy atom. The van der Waals surface area contributed by atoms with Gasteiger partial charge in [0.25, 0.3) is 0 Å². The fraction of sp³-hybridized carbons (Fsp3) is 0. The first kappa shape index (κ1) is 5.73. The molecule has 0 aliphatic carbocycles. The van der Waals surface area contributed by atoms with E-state index in [4.69, 9.17) is 5.26 Å². The number of rotatable bonds is 0. The largest absolute Gasteiger partial charge is 0.199 e. The maximum absolute atomic E-state index is 8.30. The lowest BCUT2D eigenvalue weighted by Crippen LogP contribution is -1.58. The second kappa shape index (κ2) is 2.25. The van der Waals surface area contributed by atoms with E-state index in [1.54, 1.807) is 6.20 Å². The maximum atomic E-state index is 8.30. The summed E-state index contributed by atoms with van der Waals surface area (Å²) in [5.41, 5.74) is 0. The van der Waals surface area contributed by atoms with E-state index in [2.05, 4.69) is 20.3 Å². The van der Waals surface area contributed by atoms with Gasteiger partial charge in [-0.15, -0.1) is 0 Å². The number of hydrogen-bond donors (Lipinski definition) is 0. The predicted octanol–water partition coefficient (Wildman–Crippen LogP) is 1.78. The van der Waals surface area contributed by atoms with Crippen LogP contribution in [0.1, 0.15) is 4.88 Å². The van der Waals surface area contributed by atoms with Crippen molar-refractivity contribution in [3.8, 4) is 6.07 Å². The molecule has 0 aliphatic heterocycles. The minimum absolute atomic E-state index is 0.630. The van der Waals surface area contributed by atoms with Gasteiger partial charge in [-0.3, -0.25) is 0 Å². The van der Waals surface area contributed by atoms with Crippen LogP contribution in [0.2, 0.25) is 0 Å². The van der Waals surface area contributed by atoms with Crippen LogP contribution in [0.15, 0.2) is 10.7 Å². The number of aromatic nitrogens is 1. The molecule has 40 valence electrons. The Kier molecular flexibility index (Phi) is 1.61. The van der Waals surface area contributed by atoms with E-state index in [0.717, 1.165) is 4.47 Å². The van der Waals surface area contributed by atoms with Gasteiger partial charge in [0, 0.05) is 0 Å². The van der Waals surface area contributed by atoms with Gasteiger partial charge in [0.2, 0.25) is 0 Å². The number of nitrogens with zero attached hydrogens (tertiary/aromatic N) is 2. The Balaban J connectivity index is 3.15. The minimum atomic E-state index is 0.630. The van der Waals surface area contributed by atoms with Crippen LogP contribution in [0.25, 0.3) is 0 Å². The van der Waals surface area contributed by atoms with Crippen molar-refractivity contribution in [2.75, 3.05) is 0 Å². The number of nitriles is 1. The molecule has 0 unspecified atom stereocenters. The van der Waals surface area contributed by atoms with Gasteiger partial charge in [0.15, 0.2) is 0 Å². The van der Waals surface area contributed by atoms with E-state index < -0.39 is 0 Å². The molecule has 1 aromatic heterocycles. The molecule has 0 saturated carbocycles. The predicted molar refractivity (Wildman–Crippen MR) is 34.5 cm³/mol. The molecular formula is C4HBrN2S. The first-order valence-corrected chi connectivity index (χ1v) is 3.41. The van der Waals surface area contributed by atoms with Crippen molar-refractivity contribution >= 4 is 27.5 Å². The zero-order valence-corrected chi connectivity index (χ0v) is 6.16. The van der Waals surface area contributed by atoms with Crippen molar-refractivity contribution in [1.29, 1.82) is 5.26 Å². The molecule has 4 heteroatoms. The smallest absolute Gasteiger partial charge is 0.139 e. The first-order valence-electron chi connectivity index (χ1n) is 1.85. The van der Waals surface area contributed by atoms with E-state index >= 15 is 0 Å². The standard InChI is InChI=1S/C4HBrN2S/c5-3-2-7-8-4(3)1-6/h2H. The van der Waals surface area contributed by atoms with Crippen LogP contribution in [-0.4, -0.2) is 4.37 Å². The highest BCUT2D eigenvalue weighted by Crippen LogP contribution is 2.17. The van der Waals surface area contributed by atoms with Crippen molar-refractivity contribution in [1.82, 2.24) is 4.37 Å². The summed E-state index contributed by atoms with van der Waals surface area (Å²) in [6.07, 6.45) is 1.61. The van der Waals surface area contributed by atoms with Gasteiger partial charge in [-0.1, -0.05) is 0 Å². The molecule has 0 bridgehead atoms. The fourth-order valence-electron chi connectivity index (χ4n) is 0.301. The summed E-state index contributed by atoms with van der Waals surface area (Å²) in [4.78, 5) is 0.630. The van der Waals surface area contributed by atoms with Crippen molar-refractivity contribution in [3.05, 3.63) is 15.5 Å². The van der Waals surface area contributed by atoms with E-state index in [0.29, 0.717) is 4.88 Å². The molecule has 0 radical (unpaired) electrons. The average Bonchev–Trinajstić information content (AvgIpc) is 2.14. The normalized spacial score (nSPS) is 8.50. The maximum Gasteiger partial charge on any atom is 0.139 e. The Bertz CT molecular complexity index is 224. The third kappa shape index (κ3) is 0.881. The lowest BCUT2D eigenvalue weighted by Gasteiger charge is -1.71. The first-order chi connectivity index (χ1) is 3.84. The lowest BCUT2D eigenvalue weighted by molar-refractivity contribution is 1.51. The minimum Gasteiger partial charge on any atom is -0.199 e. The van der Waals surface area contributed by atoms with Crippen molar-refractivity contribution in [2.45, 2.75) is 0 Å². The molecule has 0 atom stereocenters. The van der Waals surface area contributed by atoms with Crippen LogP contribution in [0, 0.1) is 11.3 Å². The van der Waals surface area contributed by atoms with Crippen LogP contribution in [-0.2, 0) is 0 Å². The summed E-state index contributed by atoms with van der Waals surface area (Å²) in [5, 5.41) is 8.30. The topological polar surface area (TPSA) is 36.7 Å². The molecule has 1 heterocycles. The highest BCUT2D eigenvalue weighted by molar-refractivity contribution is 9.10. The Morgan fingerprint density at radius 1 is 1.88 bits per heavy atom. The molecule has 1 aromatic rings. The third-order valence-electron chi connectivity index (χ3n) is 0.629. The highest BCUT2D eigenvalue weighted by atomic mass is 79.9. The van der Waals surface area contributed by atoms with E-state index in [9.17, 15) is 0 Å². The van der Waals surface area contributed by atoms with Gasteiger partial charge < -0.3 is 0 Å². The summed E-state index contributed by atoms with van der Waals surface area (Å²) < 4.78 is 4.55. The summed E-state index contributed by atoms with van der Waals surface area (Å²) in [5.74, 6) is 0. The van der Waals surface area contributed by atoms with Gasteiger partial charge in [-0.05, 0) is 27.5 Å². The van der Waals surface area contributed by atoms with Crippen molar-refractivity contribution < 1.29 is 0 Å². The zero-order chi connectivity index (χ0) is 5.98. The molecule has 0 saturated heterocycles. The summed E-state index contributed by atoms with van der Waals surface area (Å²) >= 11 is 4.34. The number of hydrogen-bond acceptors (Lipinski definition) is 3. The van der Waals surface area contributed by atoms with Gasteiger partial charge in [0.1, 0.15) is 10.9 Å². The van der Waals surface area contributed by atoms with Crippen LogP contribution in [0.3, 0.4) is 0 Å². The summed E-state index contributed by atoms with van der Waals surface area (Å²) in [7, 11) is 0. The molecule has 1 rings (SSSR count). The second-order valence-electron chi connectivity index (χ2n) is 1.11. The fourth-order valence-corrected chi connectivity index (χ4v) is 1.29. The lowest BCUT2D eigenvalue weighted by atomic mass is 10.5. The van der Waals surface area contributed by atoms with Gasteiger partial charge in [-0.25, -0.2) is 0 Å². The number of halogens is 1. The molecule has 0 amide bonds. The van der Waals surface area contributed by atoms with E-state index in [1.165, 1.54) is 11.5 Å². The van der Waals surface area contributed by atoms with Gasteiger partial charge in [-0.2, -0.15) is 9.64 Å². The monoisotopic (exact) mass is 188 g/mol. The Labute approximate surface area is 59.1 Å². The Hall–Kier alpha value is -0.400. The molecule has 8 heavy (non-hydrogen) atoms. The highest BCUT2D eigenvalue weighted by Gasteiger charge is 1.97. The average molecular weight is 189 g/mol. The quantitative estimate of drug-likeness (QED) is 0.623. The summed E-state index contributed by atoms with van der Waals surface area (Å²) in [6.45, 7) is 0. The molecule has 2 nitrogen and oxygen atoms in total. The Morgan fingerprint density at radius 2 is 2.62 bits per heavy atom. The third-order valence-corrected chi connectivity index (χ3v) is 2.20. The van der Waals surface area contributed by atoms with E-state index in [1.807, 2.05) is 6.07 Å². The van der Waals surface area contributed by atoms with Crippen molar-refractivity contribution in [3.63, 3.8) is 0 Å².